The summed E-state index contributed by atoms with van der Waals surface area (Å²) in [4.78, 5) is 12.1. The summed E-state index contributed by atoms with van der Waals surface area (Å²) in [7, 11) is -3.56. The number of piperidine rings is 1. The van der Waals surface area contributed by atoms with E-state index in [1.807, 2.05) is 6.92 Å². The van der Waals surface area contributed by atoms with E-state index in [2.05, 4.69) is 0 Å². The minimum Gasteiger partial charge on any atom is -0.478 e. The fourth-order valence-corrected chi connectivity index (χ4v) is 5.06. The molecule has 0 aromatic heterocycles. The largest absolute Gasteiger partial charge is 0.478 e. The Morgan fingerprint density at radius 1 is 1.38 bits per heavy atom. The molecule has 0 saturated carbocycles. The molecule has 0 aliphatic carbocycles. The zero-order valence-corrected chi connectivity index (χ0v) is 16.0. The predicted octanol–water partition coefficient (Wildman–Crippen LogP) is 1.30. The zero-order chi connectivity index (χ0) is 18.9. The van der Waals surface area contributed by atoms with Crippen molar-refractivity contribution >= 4 is 16.0 Å². The zero-order valence-electron chi connectivity index (χ0n) is 15.2. The van der Waals surface area contributed by atoms with Crippen molar-refractivity contribution in [3.05, 3.63) is 23.8 Å². The van der Waals surface area contributed by atoms with Gasteiger partial charge >= 0.3 is 5.97 Å². The first kappa shape index (κ1) is 19.1. The van der Waals surface area contributed by atoms with Crippen LogP contribution in [0.2, 0.25) is 0 Å². The third kappa shape index (κ3) is 3.72. The van der Waals surface area contributed by atoms with Gasteiger partial charge in [0.05, 0.1) is 11.5 Å². The molecule has 0 bridgehead atoms. The highest BCUT2D eigenvalue weighted by Gasteiger charge is 2.34. The number of benzene rings is 1. The van der Waals surface area contributed by atoms with Gasteiger partial charge in [0.15, 0.2) is 6.10 Å². The highest BCUT2D eigenvalue weighted by atomic mass is 32.2. The first-order valence-electron chi connectivity index (χ1n) is 9.05. The summed E-state index contributed by atoms with van der Waals surface area (Å²) in [6.45, 7) is 4.95. The number of esters is 1. The van der Waals surface area contributed by atoms with Gasteiger partial charge in [-0.1, -0.05) is 0 Å². The maximum absolute atomic E-state index is 12.9. The van der Waals surface area contributed by atoms with Crippen LogP contribution in [0.1, 0.15) is 32.3 Å². The van der Waals surface area contributed by atoms with Crippen LogP contribution < -0.4 is 10.5 Å². The lowest BCUT2D eigenvalue weighted by Gasteiger charge is -2.33. The summed E-state index contributed by atoms with van der Waals surface area (Å²) in [6, 6.07) is 4.86. The van der Waals surface area contributed by atoms with Gasteiger partial charge < -0.3 is 15.2 Å². The molecule has 8 heteroatoms. The average Bonchev–Trinajstić information content (AvgIpc) is 3.05. The number of fused-ring (bicyclic) bond motifs is 1. The Morgan fingerprint density at radius 2 is 2.08 bits per heavy atom. The van der Waals surface area contributed by atoms with Crippen LogP contribution in [-0.4, -0.2) is 50.5 Å². The van der Waals surface area contributed by atoms with Crippen molar-refractivity contribution in [2.75, 3.05) is 19.7 Å². The van der Waals surface area contributed by atoms with Crippen LogP contribution in [0.5, 0.6) is 5.75 Å². The average molecular weight is 382 g/mol. The number of nitrogens with zero attached hydrogens (tertiary/aromatic N) is 1. The highest BCUT2D eigenvalue weighted by molar-refractivity contribution is 7.89. The van der Waals surface area contributed by atoms with Crippen molar-refractivity contribution in [1.82, 2.24) is 4.31 Å². The van der Waals surface area contributed by atoms with Gasteiger partial charge in [0.2, 0.25) is 10.0 Å². The van der Waals surface area contributed by atoms with E-state index < -0.39 is 22.1 Å². The van der Waals surface area contributed by atoms with Crippen molar-refractivity contribution in [2.24, 2.45) is 11.7 Å². The molecule has 3 rings (SSSR count). The molecule has 2 N–H and O–H groups in total. The Balaban J connectivity index is 1.73. The SMILES string of the molecule is CCOC(=O)C1Cc2cc(S(=O)(=O)N3CCC(C(C)N)CC3)ccc2O1. The minimum absolute atomic E-state index is 0.0804. The van der Waals surface area contributed by atoms with Gasteiger partial charge in [0.25, 0.3) is 0 Å². The Labute approximate surface area is 154 Å². The first-order valence-corrected chi connectivity index (χ1v) is 10.5. The molecule has 0 spiro atoms. The third-order valence-corrected chi connectivity index (χ3v) is 7.03. The van der Waals surface area contributed by atoms with Gasteiger partial charge in [0, 0.05) is 25.6 Å². The second-order valence-electron chi connectivity index (χ2n) is 6.93. The molecule has 2 atom stereocenters. The lowest BCUT2D eigenvalue weighted by Crippen LogP contribution is -2.42. The van der Waals surface area contributed by atoms with E-state index in [0.29, 0.717) is 31.2 Å². The second kappa shape index (κ2) is 7.54. The fourth-order valence-electron chi connectivity index (χ4n) is 3.54. The number of sulfonamides is 1. The standard InChI is InChI=1S/C18H26N2O5S/c1-3-24-18(21)17-11-14-10-15(4-5-16(14)25-17)26(22,23)20-8-6-13(7-9-20)12(2)19/h4-5,10,12-13,17H,3,6-9,11,19H2,1-2H3. The predicted molar refractivity (Wildman–Crippen MR) is 96.3 cm³/mol. The summed E-state index contributed by atoms with van der Waals surface area (Å²) in [6.07, 6.45) is 1.17. The van der Waals surface area contributed by atoms with Gasteiger partial charge in [-0.05, 0) is 56.4 Å². The van der Waals surface area contributed by atoms with E-state index in [1.54, 1.807) is 25.1 Å². The molecule has 2 unspecified atom stereocenters. The molecule has 7 nitrogen and oxygen atoms in total. The number of hydrogen-bond acceptors (Lipinski definition) is 6. The van der Waals surface area contributed by atoms with Crippen LogP contribution in [-0.2, 0) is 26.0 Å². The Kier molecular flexibility index (Phi) is 5.55. The number of hydrogen-bond donors (Lipinski definition) is 1. The molecule has 1 aromatic carbocycles. The van der Waals surface area contributed by atoms with Crippen molar-refractivity contribution in [3.63, 3.8) is 0 Å². The quantitative estimate of drug-likeness (QED) is 0.771. The van der Waals surface area contributed by atoms with Crippen LogP contribution in [0.25, 0.3) is 0 Å². The summed E-state index contributed by atoms with van der Waals surface area (Å²) in [5, 5.41) is 0. The summed E-state index contributed by atoms with van der Waals surface area (Å²) < 4.78 is 38.0. The van der Waals surface area contributed by atoms with E-state index in [0.717, 1.165) is 18.4 Å². The lowest BCUT2D eigenvalue weighted by atomic mass is 9.92. The normalized spacial score (nSPS) is 22.5. The van der Waals surface area contributed by atoms with E-state index >= 15 is 0 Å². The van der Waals surface area contributed by atoms with E-state index in [-0.39, 0.29) is 17.5 Å². The summed E-state index contributed by atoms with van der Waals surface area (Å²) >= 11 is 0. The van der Waals surface area contributed by atoms with Crippen molar-refractivity contribution < 1.29 is 22.7 Å². The number of ether oxygens (including phenoxy) is 2. The number of carbonyl (C=O) groups is 1. The Hall–Kier alpha value is -1.64. The van der Waals surface area contributed by atoms with Crippen LogP contribution in [0.3, 0.4) is 0 Å². The molecule has 2 aliphatic rings. The number of carbonyl (C=O) groups excluding carboxylic acids is 1. The maximum atomic E-state index is 12.9. The second-order valence-corrected chi connectivity index (χ2v) is 8.87. The van der Waals surface area contributed by atoms with E-state index in [9.17, 15) is 13.2 Å². The lowest BCUT2D eigenvalue weighted by molar-refractivity contribution is -0.150. The van der Waals surface area contributed by atoms with Crippen LogP contribution in [0, 0.1) is 5.92 Å². The molecule has 1 saturated heterocycles. The molecule has 1 aromatic rings. The molecule has 2 heterocycles. The smallest absolute Gasteiger partial charge is 0.347 e. The molecule has 0 radical (unpaired) electrons. The molecule has 26 heavy (non-hydrogen) atoms. The van der Waals surface area contributed by atoms with Crippen LogP contribution >= 0.6 is 0 Å². The van der Waals surface area contributed by atoms with Gasteiger partial charge in [-0.25, -0.2) is 13.2 Å². The molecule has 1 fully saturated rings. The Bertz CT molecular complexity index is 770. The van der Waals surface area contributed by atoms with Crippen molar-refractivity contribution in [2.45, 2.75) is 50.2 Å². The maximum Gasteiger partial charge on any atom is 0.347 e. The topological polar surface area (TPSA) is 98.9 Å². The number of rotatable bonds is 5. The van der Waals surface area contributed by atoms with Gasteiger partial charge in [0.1, 0.15) is 5.75 Å². The summed E-state index contributed by atoms with van der Waals surface area (Å²) in [5.41, 5.74) is 6.65. The van der Waals surface area contributed by atoms with Gasteiger partial charge in [-0.3, -0.25) is 0 Å². The van der Waals surface area contributed by atoms with E-state index in [4.69, 9.17) is 15.2 Å². The first-order chi connectivity index (χ1) is 12.3. The fraction of sp³-hybridized carbons (Fsp3) is 0.611. The summed E-state index contributed by atoms with van der Waals surface area (Å²) in [5.74, 6) is 0.476. The Morgan fingerprint density at radius 3 is 2.69 bits per heavy atom. The molecule has 0 amide bonds. The molecular weight excluding hydrogens is 356 g/mol. The molecule has 144 valence electrons. The third-order valence-electron chi connectivity index (χ3n) is 5.14. The van der Waals surface area contributed by atoms with Crippen molar-refractivity contribution in [3.8, 4) is 5.75 Å². The van der Waals surface area contributed by atoms with Crippen molar-refractivity contribution in [1.29, 1.82) is 0 Å². The molecule has 2 aliphatic heterocycles. The van der Waals surface area contributed by atoms with Crippen LogP contribution in [0.4, 0.5) is 0 Å². The molecular formula is C18H26N2O5S. The minimum atomic E-state index is -3.56. The highest BCUT2D eigenvalue weighted by Crippen LogP contribution is 2.33. The van der Waals surface area contributed by atoms with Gasteiger partial charge in [-0.15, -0.1) is 0 Å². The monoisotopic (exact) mass is 382 g/mol. The van der Waals surface area contributed by atoms with Crippen LogP contribution in [0.15, 0.2) is 23.1 Å². The van der Waals surface area contributed by atoms with E-state index in [1.165, 1.54) is 4.31 Å². The number of nitrogens with two attached hydrogens (primary N) is 1. The van der Waals surface area contributed by atoms with Gasteiger partial charge in [-0.2, -0.15) is 4.31 Å².